The van der Waals surface area contributed by atoms with Gasteiger partial charge in [-0.05, 0) is 51.3 Å². The van der Waals surface area contributed by atoms with Crippen LogP contribution >= 0.6 is 0 Å². The highest BCUT2D eigenvalue weighted by atomic mass is 16.5. The fourth-order valence-electron chi connectivity index (χ4n) is 3.50. The minimum Gasteiger partial charge on any atom is -0.465 e. The molecule has 124 valence electrons. The Morgan fingerprint density at radius 3 is 3.04 bits per heavy atom. The van der Waals surface area contributed by atoms with E-state index in [0.29, 0.717) is 17.5 Å². The normalized spacial score (nSPS) is 19.4. The van der Waals surface area contributed by atoms with E-state index in [9.17, 15) is 4.79 Å². The summed E-state index contributed by atoms with van der Waals surface area (Å²) < 4.78 is 6.89. The lowest BCUT2D eigenvalue weighted by Crippen LogP contribution is -2.40. The maximum atomic E-state index is 11.9. The summed E-state index contributed by atoms with van der Waals surface area (Å²) >= 11 is 0. The SMILES string of the molecule is COC(=O)c1cccn2c(CC3CCCN(C(C)C)C3)ncc12. The standard InChI is InChI=1S/C18H25N3O2/c1-13(2)20-8-4-6-14(12-20)10-17-19-11-16-15(18(22)23-3)7-5-9-21(16)17/h5,7,9,11,13-14H,4,6,8,10,12H2,1-3H3. The number of esters is 1. The molecule has 2 aromatic heterocycles. The Kier molecular flexibility index (Phi) is 4.66. The van der Waals surface area contributed by atoms with Gasteiger partial charge in [0, 0.05) is 25.2 Å². The van der Waals surface area contributed by atoms with E-state index in [0.717, 1.165) is 24.3 Å². The number of hydrogen-bond acceptors (Lipinski definition) is 4. The van der Waals surface area contributed by atoms with E-state index >= 15 is 0 Å². The van der Waals surface area contributed by atoms with Gasteiger partial charge < -0.3 is 14.0 Å². The van der Waals surface area contributed by atoms with E-state index in [1.54, 1.807) is 12.3 Å². The second-order valence-electron chi connectivity index (χ2n) is 6.64. The van der Waals surface area contributed by atoms with E-state index in [2.05, 4.69) is 23.7 Å². The lowest BCUT2D eigenvalue weighted by Gasteiger charge is -2.35. The number of fused-ring (bicyclic) bond motifs is 1. The smallest absolute Gasteiger partial charge is 0.340 e. The number of pyridine rings is 1. The van der Waals surface area contributed by atoms with E-state index in [-0.39, 0.29) is 5.97 Å². The highest BCUT2D eigenvalue weighted by molar-refractivity contribution is 5.96. The number of ether oxygens (including phenoxy) is 1. The summed E-state index contributed by atoms with van der Waals surface area (Å²) in [6.07, 6.45) is 7.20. The summed E-state index contributed by atoms with van der Waals surface area (Å²) in [7, 11) is 1.41. The third-order valence-electron chi connectivity index (χ3n) is 4.80. The fourth-order valence-corrected chi connectivity index (χ4v) is 3.50. The maximum Gasteiger partial charge on any atom is 0.340 e. The number of hydrogen-bond donors (Lipinski definition) is 0. The predicted octanol–water partition coefficient (Wildman–Crippen LogP) is 2.78. The monoisotopic (exact) mass is 315 g/mol. The predicted molar refractivity (Wildman–Crippen MR) is 89.7 cm³/mol. The Balaban J connectivity index is 1.82. The van der Waals surface area contributed by atoms with E-state index in [1.807, 2.05) is 16.7 Å². The first-order valence-electron chi connectivity index (χ1n) is 8.37. The molecule has 0 aromatic carbocycles. The van der Waals surface area contributed by atoms with Gasteiger partial charge in [-0.1, -0.05) is 0 Å². The van der Waals surface area contributed by atoms with Crippen molar-refractivity contribution in [1.82, 2.24) is 14.3 Å². The van der Waals surface area contributed by atoms with Gasteiger partial charge in [-0.2, -0.15) is 0 Å². The van der Waals surface area contributed by atoms with Crippen LogP contribution < -0.4 is 0 Å². The third kappa shape index (κ3) is 3.24. The van der Waals surface area contributed by atoms with Gasteiger partial charge in [0.1, 0.15) is 5.82 Å². The molecule has 1 saturated heterocycles. The van der Waals surface area contributed by atoms with Crippen molar-refractivity contribution in [2.24, 2.45) is 5.92 Å². The zero-order valence-electron chi connectivity index (χ0n) is 14.2. The molecule has 1 aliphatic heterocycles. The van der Waals surface area contributed by atoms with Crippen molar-refractivity contribution in [3.8, 4) is 0 Å². The molecule has 0 aliphatic carbocycles. The molecule has 5 nitrogen and oxygen atoms in total. The van der Waals surface area contributed by atoms with E-state index < -0.39 is 0 Å². The van der Waals surface area contributed by atoms with Crippen molar-refractivity contribution >= 4 is 11.5 Å². The number of rotatable bonds is 4. The molecule has 1 aliphatic rings. The number of likely N-dealkylation sites (tertiary alicyclic amines) is 1. The number of nitrogens with zero attached hydrogens (tertiary/aromatic N) is 3. The average molecular weight is 315 g/mol. The van der Waals surface area contributed by atoms with Crippen LogP contribution in [0.15, 0.2) is 24.5 Å². The Hall–Kier alpha value is -1.88. The lowest BCUT2D eigenvalue weighted by atomic mass is 9.93. The van der Waals surface area contributed by atoms with Crippen molar-refractivity contribution in [2.45, 2.75) is 39.2 Å². The Morgan fingerprint density at radius 2 is 2.30 bits per heavy atom. The van der Waals surface area contributed by atoms with Gasteiger partial charge in [-0.3, -0.25) is 0 Å². The van der Waals surface area contributed by atoms with Gasteiger partial charge in [-0.15, -0.1) is 0 Å². The maximum absolute atomic E-state index is 11.9. The molecule has 1 unspecified atom stereocenters. The van der Waals surface area contributed by atoms with Crippen LogP contribution in [-0.2, 0) is 11.2 Å². The van der Waals surface area contributed by atoms with Crippen molar-refractivity contribution in [3.63, 3.8) is 0 Å². The molecular formula is C18H25N3O2. The van der Waals surface area contributed by atoms with Crippen LogP contribution in [0.2, 0.25) is 0 Å². The molecule has 2 aromatic rings. The molecule has 0 N–H and O–H groups in total. The number of methoxy groups -OCH3 is 1. The van der Waals surface area contributed by atoms with Crippen LogP contribution in [0.3, 0.4) is 0 Å². The highest BCUT2D eigenvalue weighted by Crippen LogP contribution is 2.23. The van der Waals surface area contributed by atoms with Gasteiger partial charge in [-0.25, -0.2) is 9.78 Å². The van der Waals surface area contributed by atoms with E-state index in [4.69, 9.17) is 4.74 Å². The largest absolute Gasteiger partial charge is 0.465 e. The zero-order valence-corrected chi connectivity index (χ0v) is 14.2. The van der Waals surface area contributed by atoms with Crippen molar-refractivity contribution in [2.75, 3.05) is 20.2 Å². The molecule has 5 heteroatoms. The van der Waals surface area contributed by atoms with Crippen molar-refractivity contribution in [3.05, 3.63) is 35.9 Å². The molecule has 1 fully saturated rings. The number of aromatic nitrogens is 2. The molecule has 3 rings (SSSR count). The highest BCUT2D eigenvalue weighted by Gasteiger charge is 2.23. The molecule has 1 atom stereocenters. The van der Waals surface area contributed by atoms with Crippen LogP contribution in [0.1, 0.15) is 42.9 Å². The zero-order chi connectivity index (χ0) is 16.4. The van der Waals surface area contributed by atoms with Crippen LogP contribution in [-0.4, -0.2) is 46.5 Å². The van der Waals surface area contributed by atoms with Gasteiger partial charge in [0.2, 0.25) is 0 Å². The quantitative estimate of drug-likeness (QED) is 0.814. The Morgan fingerprint density at radius 1 is 1.48 bits per heavy atom. The molecule has 3 heterocycles. The van der Waals surface area contributed by atoms with Crippen molar-refractivity contribution < 1.29 is 9.53 Å². The van der Waals surface area contributed by atoms with Crippen LogP contribution in [0.5, 0.6) is 0 Å². The Labute approximate surface area is 137 Å². The summed E-state index contributed by atoms with van der Waals surface area (Å²) in [5.41, 5.74) is 1.40. The fraction of sp³-hybridized carbons (Fsp3) is 0.556. The molecule has 0 radical (unpaired) electrons. The minimum atomic E-state index is -0.314. The third-order valence-corrected chi connectivity index (χ3v) is 4.80. The molecule has 0 saturated carbocycles. The van der Waals surface area contributed by atoms with Gasteiger partial charge in [0.25, 0.3) is 0 Å². The topological polar surface area (TPSA) is 46.8 Å². The molecule has 0 spiro atoms. The van der Waals surface area contributed by atoms with Gasteiger partial charge >= 0.3 is 5.97 Å². The number of carbonyl (C=O) groups is 1. The van der Waals surface area contributed by atoms with E-state index in [1.165, 1.54) is 26.5 Å². The molecule has 0 amide bonds. The lowest BCUT2D eigenvalue weighted by molar-refractivity contribution is 0.0602. The second-order valence-corrected chi connectivity index (χ2v) is 6.64. The first-order chi connectivity index (χ1) is 11.1. The summed E-state index contributed by atoms with van der Waals surface area (Å²) in [4.78, 5) is 19.0. The van der Waals surface area contributed by atoms with Gasteiger partial charge in [0.15, 0.2) is 0 Å². The van der Waals surface area contributed by atoms with Crippen LogP contribution in [0, 0.1) is 5.92 Å². The second kappa shape index (κ2) is 6.71. The first kappa shape index (κ1) is 16.0. The summed E-state index contributed by atoms with van der Waals surface area (Å²) in [6, 6.07) is 4.26. The summed E-state index contributed by atoms with van der Waals surface area (Å²) in [5.74, 6) is 1.34. The number of carbonyl (C=O) groups excluding carboxylic acids is 1. The van der Waals surface area contributed by atoms with Crippen LogP contribution in [0.4, 0.5) is 0 Å². The van der Waals surface area contributed by atoms with Crippen molar-refractivity contribution in [1.29, 1.82) is 0 Å². The minimum absolute atomic E-state index is 0.314. The average Bonchev–Trinajstić information content (AvgIpc) is 2.97. The molecule has 23 heavy (non-hydrogen) atoms. The number of piperidine rings is 1. The summed E-state index contributed by atoms with van der Waals surface area (Å²) in [6.45, 7) is 6.85. The number of imidazole rings is 1. The Bertz CT molecular complexity index is 693. The summed E-state index contributed by atoms with van der Waals surface area (Å²) in [5, 5.41) is 0. The van der Waals surface area contributed by atoms with Gasteiger partial charge in [0.05, 0.1) is 24.4 Å². The van der Waals surface area contributed by atoms with Crippen LogP contribution in [0.25, 0.3) is 5.52 Å². The molecule has 0 bridgehead atoms. The first-order valence-corrected chi connectivity index (χ1v) is 8.37. The molecular weight excluding hydrogens is 290 g/mol.